The lowest BCUT2D eigenvalue weighted by Crippen LogP contribution is -2.63. The summed E-state index contributed by atoms with van der Waals surface area (Å²) in [5.74, 6) is 0.247. The van der Waals surface area contributed by atoms with E-state index in [2.05, 4.69) is 42.3 Å². The van der Waals surface area contributed by atoms with E-state index >= 15 is 0 Å². The summed E-state index contributed by atoms with van der Waals surface area (Å²) in [5.41, 5.74) is 4.00. The second kappa shape index (κ2) is 4.85. The van der Waals surface area contributed by atoms with Gasteiger partial charge in [-0.15, -0.1) is 0 Å². The number of piperazine rings is 2. The molecule has 2 aliphatic rings. The van der Waals surface area contributed by atoms with E-state index < -0.39 is 0 Å². The molecule has 0 bridgehead atoms. The number of anilines is 1. The van der Waals surface area contributed by atoms with Crippen molar-refractivity contribution in [1.82, 2.24) is 10.2 Å². The van der Waals surface area contributed by atoms with E-state index in [1.807, 2.05) is 4.90 Å². The van der Waals surface area contributed by atoms with Gasteiger partial charge in [0.25, 0.3) is 0 Å². The second-order valence-corrected chi connectivity index (χ2v) is 5.54. The topological polar surface area (TPSA) is 35.6 Å². The van der Waals surface area contributed by atoms with Gasteiger partial charge in [0.15, 0.2) is 0 Å². The molecular weight excluding hydrogens is 238 g/mol. The normalized spacial score (nSPS) is 23.5. The molecule has 2 heterocycles. The predicted molar refractivity (Wildman–Crippen MR) is 76.5 cm³/mol. The van der Waals surface area contributed by atoms with Crippen molar-refractivity contribution in [3.8, 4) is 0 Å². The summed E-state index contributed by atoms with van der Waals surface area (Å²) < 4.78 is 0. The van der Waals surface area contributed by atoms with Crippen LogP contribution in [-0.2, 0) is 4.79 Å². The van der Waals surface area contributed by atoms with Gasteiger partial charge in [0.2, 0.25) is 5.91 Å². The molecule has 4 heteroatoms. The first kappa shape index (κ1) is 12.5. The number of aryl methyl sites for hydroxylation is 1. The Morgan fingerprint density at radius 2 is 2.11 bits per heavy atom. The van der Waals surface area contributed by atoms with Crippen LogP contribution in [0.5, 0.6) is 0 Å². The summed E-state index contributed by atoms with van der Waals surface area (Å²) in [4.78, 5) is 16.3. The molecular formula is C15H21N3O. The lowest BCUT2D eigenvalue weighted by Gasteiger charge is -2.45. The quantitative estimate of drug-likeness (QED) is 0.815. The Labute approximate surface area is 114 Å². The Morgan fingerprint density at radius 1 is 1.26 bits per heavy atom. The minimum Gasteiger partial charge on any atom is -0.367 e. The van der Waals surface area contributed by atoms with E-state index in [1.54, 1.807) is 0 Å². The number of nitrogens with one attached hydrogen (secondary N) is 1. The summed E-state index contributed by atoms with van der Waals surface area (Å²) in [6, 6.07) is 6.78. The van der Waals surface area contributed by atoms with Crippen LogP contribution < -0.4 is 10.2 Å². The molecule has 0 spiro atoms. The molecule has 0 aliphatic carbocycles. The van der Waals surface area contributed by atoms with Crippen molar-refractivity contribution in [3.05, 3.63) is 29.3 Å². The second-order valence-electron chi connectivity index (χ2n) is 5.54. The zero-order valence-corrected chi connectivity index (χ0v) is 11.6. The highest BCUT2D eigenvalue weighted by molar-refractivity contribution is 5.80. The SMILES string of the molecule is Cc1cccc(N2CCN3C(=O)CNCC3C2)c1C. The summed E-state index contributed by atoms with van der Waals surface area (Å²) in [5, 5.41) is 3.21. The standard InChI is InChI=1S/C15H21N3O/c1-11-4-3-5-14(12(11)2)17-6-7-18-13(10-17)8-16-9-15(18)19/h3-5,13,16H,6-10H2,1-2H3. The molecule has 1 amide bonds. The number of hydrogen-bond acceptors (Lipinski definition) is 3. The van der Waals surface area contributed by atoms with Gasteiger partial charge in [0.05, 0.1) is 12.6 Å². The van der Waals surface area contributed by atoms with Crippen LogP contribution in [0.3, 0.4) is 0 Å². The molecule has 1 atom stereocenters. The van der Waals surface area contributed by atoms with Crippen molar-refractivity contribution < 1.29 is 4.79 Å². The third-order valence-electron chi connectivity index (χ3n) is 4.38. The van der Waals surface area contributed by atoms with Crippen molar-refractivity contribution in [1.29, 1.82) is 0 Å². The molecule has 1 aromatic carbocycles. The molecule has 19 heavy (non-hydrogen) atoms. The number of nitrogens with zero attached hydrogens (tertiary/aromatic N) is 2. The largest absolute Gasteiger partial charge is 0.367 e. The van der Waals surface area contributed by atoms with Crippen LogP contribution in [-0.4, -0.2) is 49.6 Å². The maximum atomic E-state index is 11.8. The zero-order valence-electron chi connectivity index (χ0n) is 11.6. The molecule has 4 nitrogen and oxygen atoms in total. The van der Waals surface area contributed by atoms with Gasteiger partial charge in [0, 0.05) is 31.9 Å². The van der Waals surface area contributed by atoms with Crippen molar-refractivity contribution in [2.75, 3.05) is 37.6 Å². The summed E-state index contributed by atoms with van der Waals surface area (Å²) >= 11 is 0. The first-order valence-electron chi connectivity index (χ1n) is 6.98. The number of amides is 1. The van der Waals surface area contributed by atoms with Gasteiger partial charge in [-0.25, -0.2) is 0 Å². The first-order chi connectivity index (χ1) is 9.16. The highest BCUT2D eigenvalue weighted by Gasteiger charge is 2.33. The highest BCUT2D eigenvalue weighted by atomic mass is 16.2. The van der Waals surface area contributed by atoms with Crippen molar-refractivity contribution in [3.63, 3.8) is 0 Å². The van der Waals surface area contributed by atoms with Gasteiger partial charge in [0.1, 0.15) is 0 Å². The molecule has 0 radical (unpaired) electrons. The van der Waals surface area contributed by atoms with Crippen molar-refractivity contribution >= 4 is 11.6 Å². The van der Waals surface area contributed by atoms with Gasteiger partial charge < -0.3 is 15.1 Å². The van der Waals surface area contributed by atoms with Gasteiger partial charge in [-0.3, -0.25) is 4.79 Å². The third kappa shape index (κ3) is 2.21. The van der Waals surface area contributed by atoms with E-state index in [1.165, 1.54) is 16.8 Å². The number of benzene rings is 1. The summed E-state index contributed by atoms with van der Waals surface area (Å²) in [7, 11) is 0. The van der Waals surface area contributed by atoms with Crippen molar-refractivity contribution in [2.24, 2.45) is 0 Å². The fourth-order valence-electron chi connectivity index (χ4n) is 3.10. The Balaban J connectivity index is 1.81. The lowest BCUT2D eigenvalue weighted by molar-refractivity contribution is -0.135. The van der Waals surface area contributed by atoms with Crippen molar-refractivity contribution in [2.45, 2.75) is 19.9 Å². The fourth-order valence-corrected chi connectivity index (χ4v) is 3.10. The maximum absolute atomic E-state index is 11.8. The molecule has 1 unspecified atom stereocenters. The number of fused-ring (bicyclic) bond motifs is 1. The van der Waals surface area contributed by atoms with Crippen LogP contribution in [0.15, 0.2) is 18.2 Å². The van der Waals surface area contributed by atoms with Crippen LogP contribution >= 0.6 is 0 Å². The predicted octanol–water partition coefficient (Wildman–Crippen LogP) is 0.924. The monoisotopic (exact) mass is 259 g/mol. The number of carbonyl (C=O) groups excluding carboxylic acids is 1. The average Bonchev–Trinajstić information content (AvgIpc) is 2.42. The Hall–Kier alpha value is -1.55. The molecule has 2 saturated heterocycles. The molecule has 2 fully saturated rings. The summed E-state index contributed by atoms with van der Waals surface area (Å²) in [6.45, 7) is 8.46. The summed E-state index contributed by atoms with van der Waals surface area (Å²) in [6.07, 6.45) is 0. The van der Waals surface area contributed by atoms with E-state index in [0.29, 0.717) is 12.6 Å². The molecule has 102 valence electrons. The van der Waals surface area contributed by atoms with Gasteiger partial charge in [-0.2, -0.15) is 0 Å². The Bertz CT molecular complexity index is 500. The van der Waals surface area contributed by atoms with Crippen LogP contribution in [0, 0.1) is 13.8 Å². The van der Waals surface area contributed by atoms with E-state index in [0.717, 1.165) is 26.2 Å². The molecule has 2 aliphatic heterocycles. The Morgan fingerprint density at radius 3 is 2.95 bits per heavy atom. The number of carbonyl (C=O) groups is 1. The molecule has 1 aromatic rings. The molecule has 3 rings (SSSR count). The molecule has 0 saturated carbocycles. The lowest BCUT2D eigenvalue weighted by atomic mass is 10.0. The Kier molecular flexibility index (Phi) is 3.19. The first-order valence-corrected chi connectivity index (χ1v) is 6.98. The van der Waals surface area contributed by atoms with Crippen LogP contribution in [0.1, 0.15) is 11.1 Å². The zero-order chi connectivity index (χ0) is 13.4. The number of rotatable bonds is 1. The van der Waals surface area contributed by atoms with E-state index in [9.17, 15) is 4.79 Å². The number of hydrogen-bond donors (Lipinski definition) is 1. The third-order valence-corrected chi connectivity index (χ3v) is 4.38. The minimum absolute atomic E-state index is 0.247. The van der Waals surface area contributed by atoms with Crippen LogP contribution in [0.25, 0.3) is 0 Å². The van der Waals surface area contributed by atoms with Gasteiger partial charge >= 0.3 is 0 Å². The van der Waals surface area contributed by atoms with Crippen LogP contribution in [0.4, 0.5) is 5.69 Å². The van der Waals surface area contributed by atoms with E-state index in [-0.39, 0.29) is 5.91 Å². The van der Waals surface area contributed by atoms with Crippen LogP contribution in [0.2, 0.25) is 0 Å². The fraction of sp³-hybridized carbons (Fsp3) is 0.533. The maximum Gasteiger partial charge on any atom is 0.236 e. The minimum atomic E-state index is 0.247. The highest BCUT2D eigenvalue weighted by Crippen LogP contribution is 2.25. The smallest absolute Gasteiger partial charge is 0.236 e. The molecule has 0 aromatic heterocycles. The molecule has 1 N–H and O–H groups in total. The average molecular weight is 259 g/mol. The van der Waals surface area contributed by atoms with Gasteiger partial charge in [-0.1, -0.05) is 12.1 Å². The van der Waals surface area contributed by atoms with E-state index in [4.69, 9.17) is 0 Å². The van der Waals surface area contributed by atoms with Gasteiger partial charge in [-0.05, 0) is 31.0 Å².